The average molecular weight is 518 g/mol. The first-order valence-corrected chi connectivity index (χ1v) is 11.3. The van der Waals surface area contributed by atoms with Crippen molar-refractivity contribution in [2.24, 2.45) is 5.92 Å². The molecule has 0 aliphatic carbocycles. The van der Waals surface area contributed by atoms with Gasteiger partial charge in [-0.25, -0.2) is 4.79 Å². The highest BCUT2D eigenvalue weighted by atomic mass is 35.5. The summed E-state index contributed by atoms with van der Waals surface area (Å²) in [4.78, 5) is 25.6. The number of nitriles is 1. The van der Waals surface area contributed by atoms with Gasteiger partial charge in [0.1, 0.15) is 6.61 Å². The van der Waals surface area contributed by atoms with Crippen LogP contribution in [0.2, 0.25) is 5.02 Å². The maximum atomic E-state index is 12.9. The van der Waals surface area contributed by atoms with Gasteiger partial charge in [0.2, 0.25) is 5.91 Å². The lowest BCUT2D eigenvalue weighted by atomic mass is 9.98. The lowest BCUT2D eigenvalue weighted by Crippen LogP contribution is -2.37. The highest BCUT2D eigenvalue weighted by Gasteiger charge is 2.24. The zero-order chi connectivity index (χ0) is 24.1. The number of rotatable bonds is 6. The molecule has 0 unspecified atom stereocenters. The minimum atomic E-state index is -0.681. The Hall–Kier alpha value is -3.16. The molecular formula is C24H25Cl2N5O4. The first kappa shape index (κ1) is 26.4. The van der Waals surface area contributed by atoms with Crippen LogP contribution in [0, 0.1) is 17.2 Å². The lowest BCUT2D eigenvalue weighted by Gasteiger charge is -2.21. The van der Waals surface area contributed by atoms with E-state index in [-0.39, 0.29) is 43.3 Å². The Morgan fingerprint density at radius 2 is 2.11 bits per heavy atom. The Kier molecular flexibility index (Phi) is 9.07. The van der Waals surface area contributed by atoms with E-state index in [1.54, 1.807) is 36.4 Å². The zero-order valence-electron chi connectivity index (χ0n) is 19.0. The van der Waals surface area contributed by atoms with E-state index in [4.69, 9.17) is 21.1 Å². The molecule has 2 aromatic carbocycles. The number of nitrogens with zero attached hydrogens (tertiary/aromatic N) is 3. The summed E-state index contributed by atoms with van der Waals surface area (Å²) in [6, 6.07) is 12.4. The molecule has 35 heavy (non-hydrogen) atoms. The number of hydrogen-bond donors (Lipinski definition) is 2. The fourth-order valence-electron chi connectivity index (χ4n) is 3.90. The van der Waals surface area contributed by atoms with E-state index in [1.807, 2.05) is 0 Å². The lowest BCUT2D eigenvalue weighted by molar-refractivity contribution is -0.120. The largest absolute Gasteiger partial charge is 0.445 e. The molecule has 184 valence electrons. The number of hydrogen-bond acceptors (Lipinski definition) is 7. The molecule has 1 saturated heterocycles. The molecule has 1 atom stereocenters. The molecule has 0 saturated carbocycles. The summed E-state index contributed by atoms with van der Waals surface area (Å²) >= 11 is 6.40. The van der Waals surface area contributed by atoms with Gasteiger partial charge in [-0.2, -0.15) is 9.94 Å². The van der Waals surface area contributed by atoms with Gasteiger partial charge >= 0.3 is 6.09 Å². The molecule has 11 heteroatoms. The van der Waals surface area contributed by atoms with Crippen LogP contribution >= 0.6 is 24.0 Å². The fourth-order valence-corrected chi connectivity index (χ4v) is 4.13. The van der Waals surface area contributed by atoms with Crippen molar-refractivity contribution >= 4 is 52.7 Å². The van der Waals surface area contributed by atoms with Gasteiger partial charge in [-0.3, -0.25) is 4.79 Å². The molecular weight excluding hydrogens is 493 g/mol. The topological polar surface area (TPSA) is 118 Å². The first-order valence-electron chi connectivity index (χ1n) is 10.9. The fraction of sp³-hybridized carbons (Fsp3) is 0.333. The molecule has 9 nitrogen and oxygen atoms in total. The molecule has 1 aliphatic rings. The number of amides is 1. The number of halogens is 2. The van der Waals surface area contributed by atoms with Crippen LogP contribution in [0.25, 0.3) is 22.0 Å². The molecule has 3 aromatic rings. The molecule has 0 spiro atoms. The zero-order valence-corrected chi connectivity index (χ0v) is 20.6. The van der Waals surface area contributed by atoms with E-state index >= 15 is 0 Å². The van der Waals surface area contributed by atoms with Crippen molar-refractivity contribution in [3.63, 3.8) is 0 Å². The normalized spacial score (nSPS) is 15.2. The minimum Gasteiger partial charge on any atom is -0.445 e. The third kappa shape index (κ3) is 5.92. The van der Waals surface area contributed by atoms with Crippen molar-refractivity contribution < 1.29 is 19.1 Å². The van der Waals surface area contributed by atoms with Gasteiger partial charge in [0, 0.05) is 29.6 Å². The summed E-state index contributed by atoms with van der Waals surface area (Å²) in [6.07, 6.45) is 1.01. The Morgan fingerprint density at radius 1 is 1.29 bits per heavy atom. The summed E-state index contributed by atoms with van der Waals surface area (Å²) in [6.45, 7) is 1.80. The SMILES string of the molecule is COCCOC(=O)n1nc(NC(=O)[C@@H]2CCCNC2)c2cc(-c3cc(C#N)ccc3Cl)ccc21.Cl. The highest BCUT2D eigenvalue weighted by molar-refractivity contribution is 6.33. The molecule has 2 heterocycles. The summed E-state index contributed by atoms with van der Waals surface area (Å²) in [7, 11) is 1.51. The number of fused-ring (bicyclic) bond motifs is 1. The Morgan fingerprint density at radius 3 is 2.83 bits per heavy atom. The van der Waals surface area contributed by atoms with Gasteiger partial charge in [0.25, 0.3) is 0 Å². The number of carbonyl (C=O) groups excluding carboxylic acids is 2. The monoisotopic (exact) mass is 517 g/mol. The van der Waals surface area contributed by atoms with E-state index in [0.717, 1.165) is 29.6 Å². The number of nitrogens with one attached hydrogen (secondary N) is 2. The molecule has 1 aliphatic heterocycles. The summed E-state index contributed by atoms with van der Waals surface area (Å²) in [5.41, 5.74) is 2.31. The molecule has 1 amide bonds. The van der Waals surface area contributed by atoms with Gasteiger partial charge < -0.3 is 20.1 Å². The second-order valence-electron chi connectivity index (χ2n) is 7.94. The second kappa shape index (κ2) is 12.0. The van der Waals surface area contributed by atoms with Crippen LogP contribution in [0.4, 0.5) is 10.6 Å². The van der Waals surface area contributed by atoms with Gasteiger partial charge in [0.05, 0.1) is 29.7 Å². The first-order chi connectivity index (χ1) is 16.5. The van der Waals surface area contributed by atoms with E-state index in [9.17, 15) is 14.9 Å². The van der Waals surface area contributed by atoms with Gasteiger partial charge in [-0.15, -0.1) is 17.5 Å². The number of aromatic nitrogens is 2. The van der Waals surface area contributed by atoms with Crippen LogP contribution < -0.4 is 10.6 Å². The predicted octanol–water partition coefficient (Wildman–Crippen LogP) is 4.22. The minimum absolute atomic E-state index is 0. The second-order valence-corrected chi connectivity index (χ2v) is 8.35. The standard InChI is InChI=1S/C24H24ClN5O4.ClH/c1-33-9-10-34-24(32)30-21-7-5-16(18-11-15(13-26)4-6-20(18)25)12-19(21)22(29-30)28-23(31)17-3-2-8-27-14-17;/h4-7,11-12,17,27H,2-3,8-10,14H2,1H3,(H,28,29,31);1H/t17-;/m1./s1. The maximum absolute atomic E-state index is 12.9. The highest BCUT2D eigenvalue weighted by Crippen LogP contribution is 2.34. The number of methoxy groups -OCH3 is 1. The number of anilines is 1. The predicted molar refractivity (Wildman–Crippen MR) is 135 cm³/mol. The van der Waals surface area contributed by atoms with Crippen molar-refractivity contribution in [2.45, 2.75) is 12.8 Å². The van der Waals surface area contributed by atoms with E-state index in [2.05, 4.69) is 21.8 Å². The van der Waals surface area contributed by atoms with Crippen molar-refractivity contribution in [3.8, 4) is 17.2 Å². The van der Waals surface area contributed by atoms with Crippen LogP contribution in [0.5, 0.6) is 0 Å². The molecule has 4 rings (SSSR count). The smallest absolute Gasteiger partial charge is 0.435 e. The molecule has 2 N–H and O–H groups in total. The third-order valence-corrected chi connectivity index (χ3v) is 6.01. The van der Waals surface area contributed by atoms with Crippen LogP contribution in [-0.4, -0.2) is 55.2 Å². The van der Waals surface area contributed by atoms with Crippen molar-refractivity contribution in [1.29, 1.82) is 5.26 Å². The molecule has 0 radical (unpaired) electrons. The third-order valence-electron chi connectivity index (χ3n) is 5.68. The van der Waals surface area contributed by atoms with E-state index in [0.29, 0.717) is 33.6 Å². The molecule has 1 fully saturated rings. The number of ether oxygens (including phenoxy) is 2. The Balaban J connectivity index is 0.00000342. The maximum Gasteiger partial charge on any atom is 0.435 e. The van der Waals surface area contributed by atoms with Crippen molar-refractivity contribution in [2.75, 3.05) is 38.7 Å². The molecule has 1 aromatic heterocycles. The number of piperidine rings is 1. The van der Waals surface area contributed by atoms with Crippen LogP contribution in [0.15, 0.2) is 36.4 Å². The van der Waals surface area contributed by atoms with E-state index in [1.165, 1.54) is 7.11 Å². The van der Waals surface area contributed by atoms with Gasteiger partial charge in [0.15, 0.2) is 5.82 Å². The van der Waals surface area contributed by atoms with Crippen LogP contribution in [0.1, 0.15) is 18.4 Å². The Bertz CT molecular complexity index is 1260. The molecule has 0 bridgehead atoms. The van der Waals surface area contributed by atoms with Gasteiger partial charge in [-0.05, 0) is 55.3 Å². The quantitative estimate of drug-likeness (QED) is 0.469. The Labute approximate surface area is 213 Å². The van der Waals surface area contributed by atoms with Crippen molar-refractivity contribution in [1.82, 2.24) is 15.1 Å². The van der Waals surface area contributed by atoms with E-state index < -0.39 is 6.09 Å². The summed E-state index contributed by atoms with van der Waals surface area (Å²) in [5.74, 6) is -0.0994. The van der Waals surface area contributed by atoms with Crippen LogP contribution in [0.3, 0.4) is 0 Å². The van der Waals surface area contributed by atoms with Crippen molar-refractivity contribution in [3.05, 3.63) is 47.0 Å². The van der Waals surface area contributed by atoms with Crippen LogP contribution in [-0.2, 0) is 14.3 Å². The number of carbonyl (C=O) groups is 2. The number of benzene rings is 2. The van der Waals surface area contributed by atoms with Gasteiger partial charge in [-0.1, -0.05) is 17.7 Å². The summed E-state index contributed by atoms with van der Waals surface area (Å²) < 4.78 is 11.3. The average Bonchev–Trinajstić information content (AvgIpc) is 3.22. The summed E-state index contributed by atoms with van der Waals surface area (Å²) in [5, 5.41) is 20.8.